The van der Waals surface area contributed by atoms with Crippen LogP contribution < -0.4 is 15.5 Å². The fourth-order valence-electron chi connectivity index (χ4n) is 4.79. The van der Waals surface area contributed by atoms with Crippen LogP contribution in [0.3, 0.4) is 0 Å². The van der Waals surface area contributed by atoms with Gasteiger partial charge in [0.25, 0.3) is 0 Å². The molecule has 7 heteroatoms. The molecule has 3 aromatic rings. The van der Waals surface area contributed by atoms with Crippen LogP contribution in [-0.2, 0) is 6.54 Å². The Kier molecular flexibility index (Phi) is 5.30. The molecule has 0 aliphatic carbocycles. The summed E-state index contributed by atoms with van der Waals surface area (Å²) in [6.07, 6.45) is 2.15. The second-order valence-corrected chi connectivity index (χ2v) is 10.9. The Morgan fingerprint density at radius 1 is 1.06 bits per heavy atom. The van der Waals surface area contributed by atoms with Gasteiger partial charge in [0.05, 0.1) is 16.2 Å². The number of rotatable bonds is 2. The Balaban J connectivity index is 1.61. The van der Waals surface area contributed by atoms with E-state index in [4.69, 9.17) is 10.7 Å². The van der Waals surface area contributed by atoms with E-state index in [9.17, 15) is 9.11 Å². The molecule has 31 heavy (non-hydrogen) atoms. The Hall–Kier alpha value is -2.32. The number of nitrogens with zero attached hydrogens (tertiary/aromatic N) is 3. The molecule has 164 valence electrons. The summed E-state index contributed by atoms with van der Waals surface area (Å²) in [6, 6.07) is 16.3. The fraction of sp³-hybridized carbons (Fsp3) is 0.375. The average Bonchev–Trinajstić information content (AvgIpc) is 2.90. The van der Waals surface area contributed by atoms with E-state index in [0.29, 0.717) is 23.7 Å². The number of nitrogens with two attached hydrogens (primary N) is 1. The van der Waals surface area contributed by atoms with Crippen molar-refractivity contribution in [1.29, 1.82) is 0 Å². The summed E-state index contributed by atoms with van der Waals surface area (Å²) in [5.41, 5.74) is 10.6. The molecular weight excluding hydrogens is 408 g/mol. The first-order valence-corrected chi connectivity index (χ1v) is 12.6. The molecule has 3 heterocycles. The topological polar surface area (TPSA) is 85.9 Å². The van der Waals surface area contributed by atoms with Crippen molar-refractivity contribution in [2.75, 3.05) is 35.2 Å². The quantitative estimate of drug-likeness (QED) is 0.542. The third kappa shape index (κ3) is 3.87. The van der Waals surface area contributed by atoms with Crippen molar-refractivity contribution in [2.24, 2.45) is 5.73 Å². The van der Waals surface area contributed by atoms with Crippen molar-refractivity contribution in [1.82, 2.24) is 4.98 Å². The minimum absolute atomic E-state index is 0.184. The van der Waals surface area contributed by atoms with Crippen molar-refractivity contribution < 1.29 is 9.11 Å². The van der Waals surface area contributed by atoms with Crippen molar-refractivity contribution in [2.45, 2.75) is 37.2 Å². The van der Waals surface area contributed by atoms with Gasteiger partial charge >= 0.3 is 0 Å². The van der Waals surface area contributed by atoms with Crippen LogP contribution in [0.4, 0.5) is 11.5 Å². The van der Waals surface area contributed by atoms with Crippen LogP contribution in [0.5, 0.6) is 0 Å². The summed E-state index contributed by atoms with van der Waals surface area (Å²) >= 11 is 0. The molecule has 0 saturated carbocycles. The number of hydrogen-bond acceptors (Lipinski definition) is 6. The SMILES string of the molecule is Cc1cccc2c(N3CCCC(N)C3)cc(N3CCS(O)(O)c4ccccc4C3)nc12. The molecule has 1 aromatic heterocycles. The average molecular weight is 439 g/mol. The number of anilines is 2. The molecule has 1 atom stereocenters. The first kappa shape index (κ1) is 20.6. The number of fused-ring (bicyclic) bond motifs is 2. The lowest BCUT2D eigenvalue weighted by Crippen LogP contribution is -2.43. The van der Waals surface area contributed by atoms with Crippen molar-refractivity contribution in [3.8, 4) is 0 Å². The van der Waals surface area contributed by atoms with Gasteiger partial charge in [-0.05, 0) is 37.0 Å². The maximum Gasteiger partial charge on any atom is 0.131 e. The van der Waals surface area contributed by atoms with E-state index in [1.807, 2.05) is 24.3 Å². The van der Waals surface area contributed by atoms with Crippen LogP contribution in [0.2, 0.25) is 0 Å². The zero-order chi connectivity index (χ0) is 21.6. The molecule has 2 aliphatic rings. The van der Waals surface area contributed by atoms with Crippen molar-refractivity contribution in [3.63, 3.8) is 0 Å². The Bertz CT molecular complexity index is 1120. The fourth-order valence-corrected chi connectivity index (χ4v) is 6.34. The lowest BCUT2D eigenvalue weighted by molar-refractivity contribution is 0.488. The third-order valence-corrected chi connectivity index (χ3v) is 8.31. The van der Waals surface area contributed by atoms with Crippen LogP contribution >= 0.6 is 10.6 Å². The van der Waals surface area contributed by atoms with E-state index < -0.39 is 10.6 Å². The predicted molar refractivity (Wildman–Crippen MR) is 129 cm³/mol. The number of aryl methyl sites for hydroxylation is 1. The third-order valence-electron chi connectivity index (χ3n) is 6.46. The van der Waals surface area contributed by atoms with Crippen LogP contribution in [-0.4, -0.2) is 45.5 Å². The molecule has 0 bridgehead atoms. The van der Waals surface area contributed by atoms with Crippen LogP contribution in [0.25, 0.3) is 10.9 Å². The summed E-state index contributed by atoms with van der Waals surface area (Å²) in [7, 11) is -2.80. The van der Waals surface area contributed by atoms with Crippen LogP contribution in [0.1, 0.15) is 24.0 Å². The highest BCUT2D eigenvalue weighted by Gasteiger charge is 2.27. The monoisotopic (exact) mass is 438 g/mol. The normalized spacial score (nSPS) is 22.1. The molecule has 0 amide bonds. The minimum Gasteiger partial charge on any atom is -0.369 e. The van der Waals surface area contributed by atoms with Crippen molar-refractivity contribution in [3.05, 3.63) is 59.7 Å². The first-order chi connectivity index (χ1) is 14.9. The first-order valence-electron chi connectivity index (χ1n) is 10.9. The molecule has 1 fully saturated rings. The molecule has 1 unspecified atom stereocenters. The standard InChI is InChI=1S/C24H30N4O2S/c1-17-6-4-9-20-21(27-11-5-8-19(25)16-27)14-23(26-24(17)20)28-12-13-31(29,30)22-10-3-2-7-18(22)15-28/h2-4,6-7,9-10,14,19,29-30H,5,8,11-13,15-16,25H2,1H3. The summed E-state index contributed by atoms with van der Waals surface area (Å²) in [5.74, 6) is 1.18. The van der Waals surface area contributed by atoms with E-state index in [1.54, 1.807) is 0 Å². The van der Waals surface area contributed by atoms with Gasteiger partial charge < -0.3 is 15.5 Å². The predicted octanol–water partition coefficient (Wildman–Crippen LogP) is 4.60. The molecular formula is C24H30N4O2S. The van der Waals surface area contributed by atoms with Gasteiger partial charge in [-0.1, -0.05) is 36.4 Å². The second-order valence-electron chi connectivity index (χ2n) is 8.72. The van der Waals surface area contributed by atoms with Gasteiger partial charge in [-0.2, -0.15) is 10.6 Å². The molecule has 0 spiro atoms. The molecule has 6 nitrogen and oxygen atoms in total. The van der Waals surface area contributed by atoms with Crippen LogP contribution in [0.15, 0.2) is 53.4 Å². The van der Waals surface area contributed by atoms with Gasteiger partial charge in [0.2, 0.25) is 0 Å². The number of piperidine rings is 1. The minimum atomic E-state index is -2.80. The summed E-state index contributed by atoms with van der Waals surface area (Å²) in [4.78, 5) is 10.3. The van der Waals surface area contributed by atoms with Gasteiger partial charge in [0, 0.05) is 49.4 Å². The molecule has 1 saturated heterocycles. The van der Waals surface area contributed by atoms with E-state index in [1.165, 1.54) is 5.69 Å². The smallest absolute Gasteiger partial charge is 0.131 e. The van der Waals surface area contributed by atoms with Gasteiger partial charge in [0.15, 0.2) is 0 Å². The highest BCUT2D eigenvalue weighted by atomic mass is 32.3. The van der Waals surface area contributed by atoms with Gasteiger partial charge in [0.1, 0.15) is 5.82 Å². The Morgan fingerprint density at radius 3 is 2.74 bits per heavy atom. The second kappa shape index (κ2) is 7.98. The van der Waals surface area contributed by atoms with E-state index in [2.05, 4.69) is 41.0 Å². The Labute approximate surface area is 185 Å². The summed E-state index contributed by atoms with van der Waals surface area (Å²) < 4.78 is 21.5. The number of pyridine rings is 1. The van der Waals surface area contributed by atoms with Gasteiger partial charge in [-0.3, -0.25) is 9.11 Å². The lowest BCUT2D eigenvalue weighted by atomic mass is 10.0. The van der Waals surface area contributed by atoms with Gasteiger partial charge in [-0.15, -0.1) is 0 Å². The van der Waals surface area contributed by atoms with E-state index >= 15 is 0 Å². The molecule has 0 radical (unpaired) electrons. The molecule has 2 aromatic carbocycles. The van der Waals surface area contributed by atoms with E-state index in [0.717, 1.165) is 53.8 Å². The number of para-hydroxylation sites is 1. The molecule has 2 aliphatic heterocycles. The van der Waals surface area contributed by atoms with Crippen LogP contribution in [0, 0.1) is 6.92 Å². The van der Waals surface area contributed by atoms with Gasteiger partial charge in [-0.25, -0.2) is 4.98 Å². The number of benzene rings is 2. The maximum absolute atomic E-state index is 10.7. The molecule has 4 N–H and O–H groups in total. The zero-order valence-electron chi connectivity index (χ0n) is 17.9. The lowest BCUT2D eigenvalue weighted by Gasteiger charge is -2.34. The van der Waals surface area contributed by atoms with Crippen molar-refractivity contribution >= 4 is 33.0 Å². The molecule has 5 rings (SSSR count). The summed E-state index contributed by atoms with van der Waals surface area (Å²) in [5, 5.41) is 1.15. The largest absolute Gasteiger partial charge is 0.369 e. The number of aromatic nitrogens is 1. The summed E-state index contributed by atoms with van der Waals surface area (Å²) in [6.45, 7) is 5.08. The highest BCUT2D eigenvalue weighted by molar-refractivity contribution is 8.24. The van der Waals surface area contributed by atoms with E-state index in [-0.39, 0.29) is 6.04 Å². The maximum atomic E-state index is 10.7. The zero-order valence-corrected chi connectivity index (χ0v) is 18.7. The highest BCUT2D eigenvalue weighted by Crippen LogP contribution is 2.51. The Morgan fingerprint density at radius 2 is 1.90 bits per heavy atom. The number of hydrogen-bond donors (Lipinski definition) is 3.